The van der Waals surface area contributed by atoms with Gasteiger partial charge in [-0.1, -0.05) is 18.3 Å². The minimum atomic E-state index is 1.20. The van der Waals surface area contributed by atoms with E-state index >= 15 is 0 Å². The van der Waals surface area contributed by atoms with Crippen LogP contribution in [-0.2, 0) is 0 Å². The number of hydrogen-bond donors (Lipinski definition) is 0. The molecule has 0 unspecified atom stereocenters. The molecular formula is C6H13B. The van der Waals surface area contributed by atoms with Crippen LogP contribution in [-0.4, -0.2) is 7.85 Å². The van der Waals surface area contributed by atoms with Crippen LogP contribution in [0.1, 0.15) is 19.8 Å². The van der Waals surface area contributed by atoms with Crippen molar-refractivity contribution >= 4 is 7.85 Å². The smallest absolute Gasteiger partial charge is 0.100 e. The van der Waals surface area contributed by atoms with Gasteiger partial charge in [0.25, 0.3) is 0 Å². The van der Waals surface area contributed by atoms with Crippen LogP contribution >= 0.6 is 0 Å². The molecule has 0 aromatic heterocycles. The van der Waals surface area contributed by atoms with Gasteiger partial charge in [0.05, 0.1) is 0 Å². The molecule has 0 rings (SSSR count). The first-order chi connectivity index (χ1) is 3.27. The normalized spacial score (nSPS) is 8.71. The molecule has 0 N–H and O–H groups in total. The Morgan fingerprint density at radius 2 is 2.29 bits per heavy atom. The topological polar surface area (TPSA) is 0 Å². The largest absolute Gasteiger partial charge is 0.101 e. The lowest BCUT2D eigenvalue weighted by Crippen LogP contribution is -1.73. The lowest BCUT2D eigenvalue weighted by atomic mass is 9.99. The monoisotopic (exact) mass is 96.1 g/mol. The zero-order chi connectivity index (χ0) is 5.70. The van der Waals surface area contributed by atoms with Crippen LogP contribution in [0.15, 0.2) is 12.2 Å². The maximum atomic E-state index is 3.79. The van der Waals surface area contributed by atoms with Gasteiger partial charge < -0.3 is 0 Å². The van der Waals surface area contributed by atoms with Crippen LogP contribution in [0.25, 0.3) is 0 Å². The molecule has 0 heterocycles. The van der Waals surface area contributed by atoms with E-state index in [2.05, 4.69) is 21.3 Å². The zero-order valence-corrected chi connectivity index (χ0v) is 5.33. The molecule has 0 nitrogen and oxygen atoms in total. The Morgan fingerprint density at radius 3 is 2.43 bits per heavy atom. The van der Waals surface area contributed by atoms with E-state index in [1.165, 1.54) is 24.7 Å². The van der Waals surface area contributed by atoms with E-state index in [4.69, 9.17) is 0 Å². The highest BCUT2D eigenvalue weighted by molar-refractivity contribution is 6.08. The molecule has 0 aliphatic carbocycles. The fourth-order valence-electron chi connectivity index (χ4n) is 0.479. The molecule has 0 amide bonds. The Morgan fingerprint density at radius 1 is 1.71 bits per heavy atom. The third-order valence-corrected chi connectivity index (χ3v) is 0.957. The van der Waals surface area contributed by atoms with E-state index in [0.29, 0.717) is 0 Å². The van der Waals surface area contributed by atoms with Crippen molar-refractivity contribution in [2.45, 2.75) is 26.1 Å². The summed E-state index contributed by atoms with van der Waals surface area (Å²) in [7, 11) is 2.20. The van der Waals surface area contributed by atoms with Gasteiger partial charge in [0.1, 0.15) is 7.85 Å². The highest BCUT2D eigenvalue weighted by Gasteiger charge is 1.81. The summed E-state index contributed by atoms with van der Waals surface area (Å²) in [5.74, 6) is 0. The number of allylic oxidation sites excluding steroid dienone is 1. The minimum Gasteiger partial charge on any atom is -0.100 e. The molecule has 0 aliphatic rings. The zero-order valence-electron chi connectivity index (χ0n) is 5.33. The molecule has 0 spiro atoms. The van der Waals surface area contributed by atoms with Gasteiger partial charge in [-0.05, 0) is 13.3 Å². The lowest BCUT2D eigenvalue weighted by molar-refractivity contribution is 0.907. The SMILES string of the molecule is BCCCC(=C)C. The van der Waals surface area contributed by atoms with Gasteiger partial charge in [-0.3, -0.25) is 0 Å². The highest BCUT2D eigenvalue weighted by atomic mass is 13.8. The van der Waals surface area contributed by atoms with E-state index < -0.39 is 0 Å². The molecule has 0 bridgehead atoms. The van der Waals surface area contributed by atoms with Gasteiger partial charge in [0, 0.05) is 0 Å². The maximum absolute atomic E-state index is 3.79. The lowest BCUT2D eigenvalue weighted by Gasteiger charge is -1.91. The van der Waals surface area contributed by atoms with Crippen LogP contribution < -0.4 is 0 Å². The van der Waals surface area contributed by atoms with Crippen LogP contribution in [0.4, 0.5) is 0 Å². The highest BCUT2D eigenvalue weighted by Crippen LogP contribution is 2.00. The van der Waals surface area contributed by atoms with Crippen molar-refractivity contribution < 1.29 is 0 Å². The number of hydrogen-bond acceptors (Lipinski definition) is 0. The van der Waals surface area contributed by atoms with Crippen LogP contribution in [0, 0.1) is 0 Å². The van der Waals surface area contributed by atoms with E-state index in [-0.39, 0.29) is 0 Å². The molecule has 0 aromatic carbocycles. The van der Waals surface area contributed by atoms with E-state index in [9.17, 15) is 0 Å². The van der Waals surface area contributed by atoms with E-state index in [0.717, 1.165) is 0 Å². The predicted molar refractivity (Wildman–Crippen MR) is 37.4 cm³/mol. The van der Waals surface area contributed by atoms with Crippen molar-refractivity contribution in [3.05, 3.63) is 12.2 Å². The van der Waals surface area contributed by atoms with Crippen molar-refractivity contribution in [1.82, 2.24) is 0 Å². The van der Waals surface area contributed by atoms with Crippen molar-refractivity contribution in [2.24, 2.45) is 0 Å². The standard InChI is InChI=1S/C6H13B/c1-6(2)4-3-5-7/h1,3-5,7H2,2H3. The Labute approximate surface area is 47.0 Å². The predicted octanol–water partition coefficient (Wildman–Crippen LogP) is 1.39. The molecule has 0 saturated carbocycles. The molecule has 0 radical (unpaired) electrons. The van der Waals surface area contributed by atoms with Gasteiger partial charge in [-0.2, -0.15) is 0 Å². The second-order valence-electron chi connectivity index (χ2n) is 2.06. The Bertz CT molecular complexity index is 57.2. The average molecular weight is 96.0 g/mol. The van der Waals surface area contributed by atoms with Crippen LogP contribution in [0.2, 0.25) is 6.32 Å². The summed E-state index contributed by atoms with van der Waals surface area (Å²) in [6.45, 7) is 5.87. The quantitative estimate of drug-likeness (QED) is 0.368. The molecule has 1 heteroatoms. The second-order valence-corrected chi connectivity index (χ2v) is 2.06. The fraction of sp³-hybridized carbons (Fsp3) is 0.667. The number of rotatable bonds is 3. The molecule has 0 saturated heterocycles. The minimum absolute atomic E-state index is 1.20. The van der Waals surface area contributed by atoms with Gasteiger partial charge in [0.2, 0.25) is 0 Å². The first kappa shape index (κ1) is 6.80. The first-order valence-electron chi connectivity index (χ1n) is 2.91. The molecule has 0 fully saturated rings. The van der Waals surface area contributed by atoms with Crippen LogP contribution in [0.5, 0.6) is 0 Å². The van der Waals surface area contributed by atoms with Gasteiger partial charge in [-0.15, -0.1) is 6.58 Å². The molecule has 40 valence electrons. The first-order valence-corrected chi connectivity index (χ1v) is 2.91. The van der Waals surface area contributed by atoms with Gasteiger partial charge in [-0.25, -0.2) is 0 Å². The summed E-state index contributed by atoms with van der Waals surface area (Å²) >= 11 is 0. The summed E-state index contributed by atoms with van der Waals surface area (Å²) in [4.78, 5) is 0. The van der Waals surface area contributed by atoms with Gasteiger partial charge in [0.15, 0.2) is 0 Å². The molecular weight excluding hydrogens is 82.9 g/mol. The third-order valence-electron chi connectivity index (χ3n) is 0.957. The summed E-state index contributed by atoms with van der Waals surface area (Å²) in [5, 5.41) is 0. The third kappa shape index (κ3) is 5.80. The summed E-state index contributed by atoms with van der Waals surface area (Å²) in [5.41, 5.74) is 1.31. The molecule has 0 aliphatic heterocycles. The summed E-state index contributed by atoms with van der Waals surface area (Å²) in [6.07, 6.45) is 3.79. The molecule has 0 aromatic rings. The van der Waals surface area contributed by atoms with E-state index in [1.54, 1.807) is 0 Å². The van der Waals surface area contributed by atoms with Crippen molar-refractivity contribution in [2.75, 3.05) is 0 Å². The van der Waals surface area contributed by atoms with Crippen molar-refractivity contribution in [3.63, 3.8) is 0 Å². The summed E-state index contributed by atoms with van der Waals surface area (Å²) in [6, 6.07) is 0. The fourth-order valence-corrected chi connectivity index (χ4v) is 0.479. The Kier molecular flexibility index (Phi) is 3.87. The average Bonchev–Trinajstić information content (AvgIpc) is 1.61. The maximum Gasteiger partial charge on any atom is 0.101 e. The van der Waals surface area contributed by atoms with Crippen molar-refractivity contribution in [1.29, 1.82) is 0 Å². The van der Waals surface area contributed by atoms with Crippen molar-refractivity contribution in [3.8, 4) is 0 Å². The summed E-state index contributed by atoms with van der Waals surface area (Å²) < 4.78 is 0. The second kappa shape index (κ2) is 3.98. The Balaban J connectivity index is 2.82. The van der Waals surface area contributed by atoms with Crippen LogP contribution in [0.3, 0.4) is 0 Å². The van der Waals surface area contributed by atoms with Gasteiger partial charge >= 0.3 is 0 Å². The molecule has 7 heavy (non-hydrogen) atoms. The van der Waals surface area contributed by atoms with E-state index in [1.807, 2.05) is 0 Å². The Hall–Kier alpha value is -0.195. The molecule has 0 atom stereocenters.